The third-order valence-electron chi connectivity index (χ3n) is 4.61. The highest BCUT2D eigenvalue weighted by Crippen LogP contribution is 2.17. The molecule has 0 aliphatic carbocycles. The van der Waals surface area contributed by atoms with Crippen LogP contribution in [0, 0.1) is 0 Å². The number of hydrogen-bond acceptors (Lipinski definition) is 5. The van der Waals surface area contributed by atoms with E-state index in [2.05, 4.69) is 29.2 Å². The Morgan fingerprint density at radius 3 is 2.81 bits per heavy atom. The maximum Gasteiger partial charge on any atom is 0.325 e. The summed E-state index contributed by atoms with van der Waals surface area (Å²) in [7, 11) is 5.86. The van der Waals surface area contributed by atoms with E-state index in [1.165, 1.54) is 26.5 Å². The van der Waals surface area contributed by atoms with Gasteiger partial charge < -0.3 is 19.9 Å². The van der Waals surface area contributed by atoms with Crippen molar-refractivity contribution in [3.8, 4) is 0 Å². The molecule has 2 unspecified atom stereocenters. The van der Waals surface area contributed by atoms with E-state index in [-0.39, 0.29) is 5.97 Å². The molecular weight excluding hydrogens is 266 g/mol. The maximum absolute atomic E-state index is 11.9. The summed E-state index contributed by atoms with van der Waals surface area (Å²) in [6, 6.07) is 0.646. The maximum atomic E-state index is 11.9. The summed E-state index contributed by atoms with van der Waals surface area (Å²) in [5, 5.41) is 3.27. The van der Waals surface area contributed by atoms with E-state index in [4.69, 9.17) is 4.74 Å². The van der Waals surface area contributed by atoms with Crippen molar-refractivity contribution in [2.45, 2.75) is 51.1 Å². The van der Waals surface area contributed by atoms with Crippen LogP contribution in [0.25, 0.3) is 0 Å². The van der Waals surface area contributed by atoms with Gasteiger partial charge in [-0.15, -0.1) is 0 Å². The predicted molar refractivity (Wildman–Crippen MR) is 86.5 cm³/mol. The SMILES string of the molecule is CCNC(C)(CCCN(C)C1CCCN(C)C1)C(=O)OC. The minimum atomic E-state index is -0.562. The zero-order valence-corrected chi connectivity index (χ0v) is 14.4. The molecule has 1 aliphatic rings. The summed E-state index contributed by atoms with van der Waals surface area (Å²) in [6.45, 7) is 8.12. The van der Waals surface area contributed by atoms with Gasteiger partial charge in [-0.1, -0.05) is 6.92 Å². The summed E-state index contributed by atoms with van der Waals surface area (Å²) in [6.07, 6.45) is 4.36. The average Bonchev–Trinajstić information content (AvgIpc) is 2.46. The van der Waals surface area contributed by atoms with E-state index in [0.717, 1.165) is 32.5 Å². The molecule has 0 amide bonds. The van der Waals surface area contributed by atoms with Crippen molar-refractivity contribution >= 4 is 5.97 Å². The molecule has 0 radical (unpaired) electrons. The van der Waals surface area contributed by atoms with Crippen LogP contribution in [0.1, 0.15) is 39.5 Å². The van der Waals surface area contributed by atoms with Crippen LogP contribution in [0.5, 0.6) is 0 Å². The standard InChI is InChI=1S/C16H33N3O2/c1-6-17-16(2,15(20)21-5)10-8-12-19(4)14-9-7-11-18(3)13-14/h14,17H,6-13H2,1-5H3. The van der Waals surface area contributed by atoms with E-state index in [1.807, 2.05) is 13.8 Å². The van der Waals surface area contributed by atoms with E-state index < -0.39 is 5.54 Å². The molecule has 0 aromatic carbocycles. The van der Waals surface area contributed by atoms with Crippen molar-refractivity contribution < 1.29 is 9.53 Å². The molecule has 1 fully saturated rings. The number of ether oxygens (including phenoxy) is 1. The highest BCUT2D eigenvalue weighted by molar-refractivity contribution is 5.80. The van der Waals surface area contributed by atoms with Crippen molar-refractivity contribution in [1.29, 1.82) is 0 Å². The van der Waals surface area contributed by atoms with E-state index in [9.17, 15) is 4.79 Å². The molecule has 1 heterocycles. The second kappa shape index (κ2) is 8.71. The van der Waals surface area contributed by atoms with Gasteiger partial charge in [-0.3, -0.25) is 4.79 Å². The molecule has 21 heavy (non-hydrogen) atoms. The van der Waals surface area contributed by atoms with Crippen molar-refractivity contribution in [2.75, 3.05) is 47.4 Å². The number of carbonyl (C=O) groups is 1. The van der Waals surface area contributed by atoms with Gasteiger partial charge in [0.2, 0.25) is 0 Å². The van der Waals surface area contributed by atoms with Crippen molar-refractivity contribution in [1.82, 2.24) is 15.1 Å². The lowest BCUT2D eigenvalue weighted by Crippen LogP contribution is -2.51. The number of piperidine rings is 1. The monoisotopic (exact) mass is 299 g/mol. The Bertz CT molecular complexity index is 325. The third kappa shape index (κ3) is 5.57. The topological polar surface area (TPSA) is 44.8 Å². The molecule has 124 valence electrons. The number of nitrogens with one attached hydrogen (secondary N) is 1. The molecule has 1 rings (SSSR count). The molecule has 0 spiro atoms. The number of likely N-dealkylation sites (tertiary alicyclic amines) is 1. The summed E-state index contributed by atoms with van der Waals surface area (Å²) < 4.78 is 4.93. The van der Waals surface area contributed by atoms with Gasteiger partial charge in [0.05, 0.1) is 7.11 Å². The molecule has 0 bridgehead atoms. The fraction of sp³-hybridized carbons (Fsp3) is 0.938. The largest absolute Gasteiger partial charge is 0.468 e. The van der Waals surface area contributed by atoms with Crippen LogP contribution in [0.2, 0.25) is 0 Å². The number of nitrogens with zero attached hydrogens (tertiary/aromatic N) is 2. The molecule has 5 heteroatoms. The van der Waals surface area contributed by atoms with Crippen LogP contribution in [-0.2, 0) is 9.53 Å². The van der Waals surface area contributed by atoms with Gasteiger partial charge in [0.1, 0.15) is 5.54 Å². The van der Waals surface area contributed by atoms with Crippen molar-refractivity contribution in [3.63, 3.8) is 0 Å². The predicted octanol–water partition coefficient (Wildman–Crippen LogP) is 1.33. The van der Waals surface area contributed by atoms with E-state index in [0.29, 0.717) is 6.04 Å². The average molecular weight is 299 g/mol. The van der Waals surface area contributed by atoms with Gasteiger partial charge in [0.15, 0.2) is 0 Å². The van der Waals surface area contributed by atoms with Gasteiger partial charge in [0.25, 0.3) is 0 Å². The zero-order chi connectivity index (χ0) is 15.9. The van der Waals surface area contributed by atoms with Crippen LogP contribution in [0.4, 0.5) is 0 Å². The first-order chi connectivity index (χ1) is 9.92. The van der Waals surface area contributed by atoms with Crippen LogP contribution in [0.15, 0.2) is 0 Å². The van der Waals surface area contributed by atoms with Crippen LogP contribution in [-0.4, -0.2) is 74.7 Å². The summed E-state index contributed by atoms with van der Waals surface area (Å²) in [5.74, 6) is -0.163. The Morgan fingerprint density at radius 2 is 2.24 bits per heavy atom. The quantitative estimate of drug-likeness (QED) is 0.685. The molecule has 0 aromatic heterocycles. The second-order valence-corrected chi connectivity index (χ2v) is 6.50. The Morgan fingerprint density at radius 1 is 1.52 bits per heavy atom. The number of methoxy groups -OCH3 is 1. The minimum Gasteiger partial charge on any atom is -0.468 e. The first kappa shape index (κ1) is 18.4. The van der Waals surface area contributed by atoms with Crippen LogP contribution >= 0.6 is 0 Å². The lowest BCUT2D eigenvalue weighted by atomic mass is 9.95. The fourth-order valence-electron chi connectivity index (χ4n) is 3.24. The Hall–Kier alpha value is -0.650. The Labute approximate surface area is 130 Å². The number of rotatable bonds is 8. The second-order valence-electron chi connectivity index (χ2n) is 6.50. The summed E-state index contributed by atoms with van der Waals surface area (Å²) in [4.78, 5) is 16.8. The summed E-state index contributed by atoms with van der Waals surface area (Å²) >= 11 is 0. The lowest BCUT2D eigenvalue weighted by Gasteiger charge is -2.36. The van der Waals surface area contributed by atoms with Gasteiger partial charge >= 0.3 is 5.97 Å². The van der Waals surface area contributed by atoms with Gasteiger partial charge in [-0.25, -0.2) is 0 Å². The molecule has 1 N–H and O–H groups in total. The normalized spacial score (nSPS) is 23.0. The minimum absolute atomic E-state index is 0.163. The first-order valence-electron chi connectivity index (χ1n) is 8.15. The zero-order valence-electron chi connectivity index (χ0n) is 14.4. The third-order valence-corrected chi connectivity index (χ3v) is 4.61. The van der Waals surface area contributed by atoms with Crippen molar-refractivity contribution in [3.05, 3.63) is 0 Å². The molecule has 0 saturated carbocycles. The smallest absolute Gasteiger partial charge is 0.325 e. The Kier molecular flexibility index (Phi) is 7.63. The number of esters is 1. The molecule has 1 aliphatic heterocycles. The van der Waals surface area contributed by atoms with Crippen molar-refractivity contribution in [2.24, 2.45) is 0 Å². The number of hydrogen-bond donors (Lipinski definition) is 1. The van der Waals surface area contributed by atoms with Crippen LogP contribution in [0.3, 0.4) is 0 Å². The van der Waals surface area contributed by atoms with Gasteiger partial charge in [0, 0.05) is 12.6 Å². The number of likely N-dealkylation sites (N-methyl/N-ethyl adjacent to an activating group) is 3. The van der Waals surface area contributed by atoms with Gasteiger partial charge in [-0.2, -0.15) is 0 Å². The fourth-order valence-corrected chi connectivity index (χ4v) is 3.24. The molecule has 1 saturated heterocycles. The van der Waals surface area contributed by atoms with E-state index >= 15 is 0 Å². The molecular formula is C16H33N3O2. The van der Waals surface area contributed by atoms with Gasteiger partial charge in [-0.05, 0) is 66.3 Å². The highest BCUT2D eigenvalue weighted by atomic mass is 16.5. The van der Waals surface area contributed by atoms with Crippen LogP contribution < -0.4 is 5.32 Å². The number of carbonyl (C=O) groups excluding carboxylic acids is 1. The molecule has 2 atom stereocenters. The lowest BCUT2D eigenvalue weighted by molar-refractivity contribution is -0.148. The highest BCUT2D eigenvalue weighted by Gasteiger charge is 2.33. The van der Waals surface area contributed by atoms with E-state index in [1.54, 1.807) is 0 Å². The first-order valence-corrected chi connectivity index (χ1v) is 8.15. The Balaban J connectivity index is 2.40. The molecule has 5 nitrogen and oxygen atoms in total. The summed E-state index contributed by atoms with van der Waals surface area (Å²) in [5.41, 5.74) is -0.562. The molecule has 0 aromatic rings.